The van der Waals surface area contributed by atoms with Gasteiger partial charge in [-0.15, -0.1) is 0 Å². The standard InChI is InChI=1S/C33H40O7/c1-3-4-7-18-26(34)21-22-28-27(19-12-13-20-31(35)38-2)29(39-32(36)24-14-8-5-9-15-24)23-30(28)40-33(37)25-16-10-6-11-17-25/h5-6,8-17,21-22,26-30,34H,3-4,7,18-20,23H2,1-2H3/b13-12-,22-21+/t26-,27+,28-,29+,30-/m0/s1. The van der Waals surface area contributed by atoms with Crippen molar-refractivity contribution < 1.29 is 33.7 Å². The van der Waals surface area contributed by atoms with E-state index in [4.69, 9.17) is 14.2 Å². The molecule has 40 heavy (non-hydrogen) atoms. The van der Waals surface area contributed by atoms with Crippen molar-refractivity contribution >= 4 is 17.9 Å². The Morgan fingerprint density at radius 1 is 0.900 bits per heavy atom. The molecule has 0 amide bonds. The number of allylic oxidation sites excluding steroid dienone is 1. The second kappa shape index (κ2) is 16.4. The zero-order valence-corrected chi connectivity index (χ0v) is 23.3. The zero-order valence-electron chi connectivity index (χ0n) is 23.3. The van der Waals surface area contributed by atoms with Crippen LogP contribution in [0.1, 0.15) is 72.6 Å². The highest BCUT2D eigenvalue weighted by Gasteiger charge is 2.45. The molecule has 0 spiro atoms. The topological polar surface area (TPSA) is 99.1 Å². The highest BCUT2D eigenvalue weighted by atomic mass is 16.6. The van der Waals surface area contributed by atoms with Crippen molar-refractivity contribution in [2.24, 2.45) is 11.8 Å². The Bertz CT molecular complexity index is 1130. The third kappa shape index (κ3) is 9.49. The van der Waals surface area contributed by atoms with Gasteiger partial charge < -0.3 is 19.3 Å². The van der Waals surface area contributed by atoms with E-state index in [-0.39, 0.29) is 24.2 Å². The minimum atomic E-state index is -0.626. The van der Waals surface area contributed by atoms with Crippen molar-refractivity contribution in [1.82, 2.24) is 0 Å². The van der Waals surface area contributed by atoms with Gasteiger partial charge >= 0.3 is 17.9 Å². The first kappa shape index (κ1) is 30.8. The molecular weight excluding hydrogens is 508 g/mol. The van der Waals surface area contributed by atoms with Gasteiger partial charge in [0.2, 0.25) is 0 Å². The molecule has 0 bridgehead atoms. The van der Waals surface area contributed by atoms with Crippen LogP contribution in [0, 0.1) is 11.8 Å². The number of aliphatic hydroxyl groups excluding tert-OH is 1. The molecule has 2 aromatic carbocycles. The smallest absolute Gasteiger partial charge is 0.338 e. The SMILES string of the molecule is CCCCC[C@H](O)/C=C/[C@H]1[C@@H](C/C=C\CC(=O)OC)[C@H](OC(=O)c2ccccc2)C[C@@H]1OC(=O)c1ccccc1. The zero-order chi connectivity index (χ0) is 28.7. The molecule has 7 nitrogen and oxygen atoms in total. The highest BCUT2D eigenvalue weighted by Crippen LogP contribution is 2.41. The predicted octanol–water partition coefficient (Wildman–Crippen LogP) is 6.08. The number of carbonyl (C=O) groups is 3. The summed E-state index contributed by atoms with van der Waals surface area (Å²) >= 11 is 0. The van der Waals surface area contributed by atoms with Crippen LogP contribution in [0.3, 0.4) is 0 Å². The van der Waals surface area contributed by atoms with E-state index in [1.807, 2.05) is 24.3 Å². The Kier molecular flexibility index (Phi) is 12.6. The lowest BCUT2D eigenvalue weighted by Gasteiger charge is -2.23. The maximum absolute atomic E-state index is 13.0. The van der Waals surface area contributed by atoms with E-state index < -0.39 is 30.3 Å². The molecule has 0 unspecified atom stereocenters. The lowest BCUT2D eigenvalue weighted by molar-refractivity contribution is -0.139. The summed E-state index contributed by atoms with van der Waals surface area (Å²) in [7, 11) is 1.34. The maximum atomic E-state index is 13.0. The van der Waals surface area contributed by atoms with E-state index in [1.54, 1.807) is 60.7 Å². The Labute approximate surface area is 236 Å². The number of carbonyl (C=O) groups excluding carboxylic acids is 3. The molecule has 7 heteroatoms. The molecule has 1 fully saturated rings. The molecule has 0 heterocycles. The average molecular weight is 549 g/mol. The van der Waals surface area contributed by atoms with Crippen LogP contribution < -0.4 is 0 Å². The van der Waals surface area contributed by atoms with Crippen molar-refractivity contribution in [3.8, 4) is 0 Å². The molecule has 0 aliphatic heterocycles. The predicted molar refractivity (Wildman–Crippen MR) is 153 cm³/mol. The number of rotatable bonds is 14. The van der Waals surface area contributed by atoms with Gasteiger partial charge in [0.1, 0.15) is 12.2 Å². The molecule has 0 radical (unpaired) electrons. The Morgan fingerprint density at radius 2 is 1.50 bits per heavy atom. The Hall–Kier alpha value is -3.71. The van der Waals surface area contributed by atoms with Crippen molar-refractivity contribution in [2.75, 3.05) is 7.11 Å². The number of ether oxygens (including phenoxy) is 3. The molecule has 214 valence electrons. The van der Waals surface area contributed by atoms with Crippen LogP contribution in [-0.4, -0.2) is 48.4 Å². The average Bonchev–Trinajstić information content (AvgIpc) is 3.29. The summed E-state index contributed by atoms with van der Waals surface area (Å²) in [4.78, 5) is 37.6. The first-order valence-corrected chi connectivity index (χ1v) is 14.0. The van der Waals surface area contributed by atoms with Crippen LogP contribution in [0.2, 0.25) is 0 Å². The molecule has 1 saturated carbocycles. The van der Waals surface area contributed by atoms with E-state index in [0.717, 1.165) is 19.3 Å². The summed E-state index contributed by atoms with van der Waals surface area (Å²) in [5.41, 5.74) is 0.870. The van der Waals surface area contributed by atoms with Gasteiger partial charge in [0.25, 0.3) is 0 Å². The first-order chi connectivity index (χ1) is 19.4. The minimum Gasteiger partial charge on any atom is -0.469 e. The normalized spacial score (nSPS) is 21.4. The van der Waals surface area contributed by atoms with Crippen LogP contribution in [-0.2, 0) is 19.0 Å². The van der Waals surface area contributed by atoms with Crippen molar-refractivity contribution in [2.45, 2.75) is 70.2 Å². The van der Waals surface area contributed by atoms with Gasteiger partial charge in [-0.3, -0.25) is 4.79 Å². The first-order valence-electron chi connectivity index (χ1n) is 14.0. The fourth-order valence-corrected chi connectivity index (χ4v) is 4.95. The van der Waals surface area contributed by atoms with E-state index in [2.05, 4.69) is 6.92 Å². The fraction of sp³-hybridized carbons (Fsp3) is 0.424. The van der Waals surface area contributed by atoms with Gasteiger partial charge in [-0.1, -0.05) is 86.9 Å². The van der Waals surface area contributed by atoms with E-state index in [9.17, 15) is 19.5 Å². The van der Waals surface area contributed by atoms with Gasteiger partial charge in [0, 0.05) is 18.3 Å². The molecule has 1 N–H and O–H groups in total. The van der Waals surface area contributed by atoms with Gasteiger partial charge in [0.05, 0.1) is 30.8 Å². The van der Waals surface area contributed by atoms with Crippen molar-refractivity contribution in [1.29, 1.82) is 0 Å². The largest absolute Gasteiger partial charge is 0.469 e. The van der Waals surface area contributed by atoms with Crippen molar-refractivity contribution in [3.63, 3.8) is 0 Å². The minimum absolute atomic E-state index is 0.126. The number of hydrogen-bond acceptors (Lipinski definition) is 7. The molecule has 0 saturated heterocycles. The summed E-state index contributed by atoms with van der Waals surface area (Å²) in [6.07, 6.45) is 10.1. The van der Waals surface area contributed by atoms with Crippen LogP contribution in [0.25, 0.3) is 0 Å². The summed E-state index contributed by atoms with van der Waals surface area (Å²) in [5.74, 6) is -1.82. The summed E-state index contributed by atoms with van der Waals surface area (Å²) in [5, 5.41) is 10.6. The lowest BCUT2D eigenvalue weighted by atomic mass is 9.89. The number of methoxy groups -OCH3 is 1. The van der Waals surface area contributed by atoms with Gasteiger partial charge in [-0.2, -0.15) is 0 Å². The lowest BCUT2D eigenvalue weighted by Crippen LogP contribution is -2.26. The number of hydrogen-bond donors (Lipinski definition) is 1. The van der Waals surface area contributed by atoms with Gasteiger partial charge in [0.15, 0.2) is 0 Å². The van der Waals surface area contributed by atoms with Crippen molar-refractivity contribution in [3.05, 3.63) is 96.1 Å². The van der Waals surface area contributed by atoms with Crippen LogP contribution in [0.15, 0.2) is 85.0 Å². The monoisotopic (exact) mass is 548 g/mol. The molecule has 3 rings (SSSR count). The molecule has 1 aliphatic carbocycles. The molecule has 2 aromatic rings. The third-order valence-electron chi connectivity index (χ3n) is 7.15. The maximum Gasteiger partial charge on any atom is 0.338 e. The van der Waals surface area contributed by atoms with E-state index in [0.29, 0.717) is 30.4 Å². The highest BCUT2D eigenvalue weighted by molar-refractivity contribution is 5.90. The molecule has 1 aliphatic rings. The summed E-state index contributed by atoms with van der Waals surface area (Å²) in [6.45, 7) is 2.11. The Balaban J connectivity index is 1.86. The van der Waals surface area contributed by atoms with Gasteiger partial charge in [-0.25, -0.2) is 9.59 Å². The van der Waals surface area contributed by atoms with Crippen LogP contribution in [0.4, 0.5) is 0 Å². The van der Waals surface area contributed by atoms with Crippen LogP contribution >= 0.6 is 0 Å². The number of benzene rings is 2. The number of aliphatic hydroxyl groups is 1. The second-order valence-electron chi connectivity index (χ2n) is 10.0. The summed E-state index contributed by atoms with van der Waals surface area (Å²) in [6, 6.07) is 17.5. The van der Waals surface area contributed by atoms with E-state index in [1.165, 1.54) is 7.11 Å². The third-order valence-corrected chi connectivity index (χ3v) is 7.15. The number of unbranched alkanes of at least 4 members (excludes halogenated alkanes) is 2. The summed E-state index contributed by atoms with van der Waals surface area (Å²) < 4.78 is 16.7. The number of esters is 3. The van der Waals surface area contributed by atoms with Crippen LogP contribution in [0.5, 0.6) is 0 Å². The fourth-order valence-electron chi connectivity index (χ4n) is 4.95. The molecule has 5 atom stereocenters. The van der Waals surface area contributed by atoms with E-state index >= 15 is 0 Å². The quantitative estimate of drug-likeness (QED) is 0.132. The molecule has 0 aromatic heterocycles. The Morgan fingerprint density at radius 3 is 2.08 bits per heavy atom. The molecular formula is C33H40O7. The van der Waals surface area contributed by atoms with Gasteiger partial charge in [-0.05, 0) is 37.1 Å². The second-order valence-corrected chi connectivity index (χ2v) is 10.0.